The van der Waals surface area contributed by atoms with Gasteiger partial charge < -0.3 is 19.7 Å². The molecule has 1 saturated heterocycles. The highest BCUT2D eigenvalue weighted by atomic mass is 16.5. The second-order valence-corrected chi connectivity index (χ2v) is 5.76. The first-order valence-corrected chi connectivity index (χ1v) is 7.76. The van der Waals surface area contributed by atoms with Crippen LogP contribution in [0.1, 0.15) is 17.5 Å². The Bertz CT molecular complexity index is 517. The van der Waals surface area contributed by atoms with Crippen LogP contribution in [0.2, 0.25) is 0 Å². The van der Waals surface area contributed by atoms with Gasteiger partial charge in [-0.25, -0.2) is 0 Å². The largest absolute Gasteiger partial charge is 0.496 e. The zero-order valence-corrected chi connectivity index (χ0v) is 14.1. The van der Waals surface area contributed by atoms with E-state index in [4.69, 9.17) is 9.47 Å². The molecular weight excluding hydrogens is 278 g/mol. The molecule has 1 aromatic rings. The van der Waals surface area contributed by atoms with Crippen LogP contribution in [0.15, 0.2) is 23.2 Å². The second-order valence-electron chi connectivity index (χ2n) is 5.76. The van der Waals surface area contributed by atoms with Crippen LogP contribution in [-0.4, -0.2) is 51.8 Å². The summed E-state index contributed by atoms with van der Waals surface area (Å²) in [5, 5.41) is 3.44. The first-order valence-electron chi connectivity index (χ1n) is 7.76. The lowest BCUT2D eigenvalue weighted by molar-refractivity contribution is 0.157. The van der Waals surface area contributed by atoms with E-state index < -0.39 is 0 Å². The molecule has 1 aliphatic rings. The highest BCUT2D eigenvalue weighted by Gasteiger charge is 2.24. The summed E-state index contributed by atoms with van der Waals surface area (Å²) in [6, 6.07) is 6.28. The summed E-state index contributed by atoms with van der Waals surface area (Å²) in [6.45, 7) is 5.65. The lowest BCUT2D eigenvalue weighted by atomic mass is 10.1. The number of methoxy groups -OCH3 is 2. The minimum Gasteiger partial charge on any atom is -0.496 e. The van der Waals surface area contributed by atoms with E-state index in [9.17, 15) is 0 Å². The minimum absolute atomic E-state index is 0.600. The molecule has 0 aliphatic carbocycles. The Kier molecular flexibility index (Phi) is 6.07. The standard InChI is InChI=1S/C17H27N3O2/c1-13-5-6-14(9-16(13)22-4)10-19-17(18-2)20-8-7-15(11-20)12-21-3/h5-6,9,15H,7-8,10-12H2,1-4H3,(H,18,19). The lowest BCUT2D eigenvalue weighted by Crippen LogP contribution is -2.39. The fraction of sp³-hybridized carbons (Fsp3) is 0.588. The summed E-state index contributed by atoms with van der Waals surface area (Å²) >= 11 is 0. The molecule has 1 atom stereocenters. The van der Waals surface area contributed by atoms with Gasteiger partial charge in [-0.15, -0.1) is 0 Å². The first kappa shape index (κ1) is 16.6. The fourth-order valence-electron chi connectivity index (χ4n) is 2.88. The molecule has 0 amide bonds. The number of ether oxygens (including phenoxy) is 2. The van der Waals surface area contributed by atoms with E-state index in [0.29, 0.717) is 5.92 Å². The monoisotopic (exact) mass is 305 g/mol. The molecule has 0 saturated carbocycles. The molecule has 5 heteroatoms. The first-order chi connectivity index (χ1) is 10.7. The van der Waals surface area contributed by atoms with Crippen LogP contribution in [0.5, 0.6) is 5.75 Å². The van der Waals surface area contributed by atoms with Gasteiger partial charge >= 0.3 is 0 Å². The topological polar surface area (TPSA) is 46.1 Å². The third kappa shape index (κ3) is 4.13. The van der Waals surface area contributed by atoms with Crippen molar-refractivity contribution in [3.63, 3.8) is 0 Å². The number of aryl methyl sites for hydroxylation is 1. The van der Waals surface area contributed by atoms with Crippen molar-refractivity contribution in [1.29, 1.82) is 0 Å². The van der Waals surface area contributed by atoms with Crippen molar-refractivity contribution in [3.05, 3.63) is 29.3 Å². The van der Waals surface area contributed by atoms with Gasteiger partial charge in [-0.3, -0.25) is 4.99 Å². The molecule has 0 aromatic heterocycles. The highest BCUT2D eigenvalue weighted by Crippen LogP contribution is 2.19. The molecular formula is C17H27N3O2. The van der Waals surface area contributed by atoms with Gasteiger partial charge in [0.05, 0.1) is 13.7 Å². The van der Waals surface area contributed by atoms with Gasteiger partial charge in [0.15, 0.2) is 5.96 Å². The number of guanidine groups is 1. The predicted molar refractivity (Wildman–Crippen MR) is 89.5 cm³/mol. The molecule has 1 fully saturated rings. The van der Waals surface area contributed by atoms with Crippen molar-refractivity contribution in [2.45, 2.75) is 19.9 Å². The van der Waals surface area contributed by atoms with Gasteiger partial charge in [0.2, 0.25) is 0 Å². The number of nitrogens with one attached hydrogen (secondary N) is 1. The Morgan fingerprint density at radius 3 is 2.91 bits per heavy atom. The molecule has 1 aliphatic heterocycles. The average molecular weight is 305 g/mol. The third-order valence-electron chi connectivity index (χ3n) is 4.12. The highest BCUT2D eigenvalue weighted by molar-refractivity contribution is 5.80. The van der Waals surface area contributed by atoms with E-state index in [1.165, 1.54) is 5.56 Å². The summed E-state index contributed by atoms with van der Waals surface area (Å²) in [4.78, 5) is 6.70. The Hall–Kier alpha value is -1.75. The average Bonchev–Trinajstić information content (AvgIpc) is 2.98. The number of hydrogen-bond donors (Lipinski definition) is 1. The number of likely N-dealkylation sites (tertiary alicyclic amines) is 1. The van der Waals surface area contributed by atoms with E-state index in [1.54, 1.807) is 14.2 Å². The van der Waals surface area contributed by atoms with Crippen molar-refractivity contribution in [1.82, 2.24) is 10.2 Å². The second kappa shape index (κ2) is 8.03. The van der Waals surface area contributed by atoms with E-state index in [0.717, 1.165) is 49.9 Å². The number of aliphatic imine (C=N–C) groups is 1. The van der Waals surface area contributed by atoms with Gasteiger partial charge in [0.1, 0.15) is 5.75 Å². The van der Waals surface area contributed by atoms with Crippen LogP contribution in [0.4, 0.5) is 0 Å². The number of rotatable bonds is 5. The van der Waals surface area contributed by atoms with Gasteiger partial charge in [0.25, 0.3) is 0 Å². The van der Waals surface area contributed by atoms with Crippen LogP contribution in [0.25, 0.3) is 0 Å². The maximum Gasteiger partial charge on any atom is 0.193 e. The molecule has 2 rings (SSSR count). The van der Waals surface area contributed by atoms with E-state index in [1.807, 2.05) is 7.05 Å². The Labute approximate surface area is 133 Å². The summed E-state index contributed by atoms with van der Waals surface area (Å²) < 4.78 is 10.6. The van der Waals surface area contributed by atoms with E-state index >= 15 is 0 Å². The molecule has 1 N–H and O–H groups in total. The maximum absolute atomic E-state index is 5.38. The van der Waals surface area contributed by atoms with Crippen LogP contribution >= 0.6 is 0 Å². The van der Waals surface area contributed by atoms with Crippen molar-refractivity contribution in [2.75, 3.05) is 41.0 Å². The van der Waals surface area contributed by atoms with Crippen molar-refractivity contribution >= 4 is 5.96 Å². The third-order valence-corrected chi connectivity index (χ3v) is 4.12. The summed E-state index contributed by atoms with van der Waals surface area (Å²) in [7, 11) is 5.31. The lowest BCUT2D eigenvalue weighted by Gasteiger charge is -2.22. The predicted octanol–water partition coefficient (Wildman–Crippen LogP) is 2.05. The quantitative estimate of drug-likeness (QED) is 0.668. The van der Waals surface area contributed by atoms with Crippen molar-refractivity contribution in [2.24, 2.45) is 10.9 Å². The molecule has 1 unspecified atom stereocenters. The smallest absolute Gasteiger partial charge is 0.193 e. The van der Waals surface area contributed by atoms with E-state index in [2.05, 4.69) is 40.3 Å². The molecule has 5 nitrogen and oxygen atoms in total. The number of hydrogen-bond acceptors (Lipinski definition) is 3. The molecule has 22 heavy (non-hydrogen) atoms. The van der Waals surface area contributed by atoms with E-state index in [-0.39, 0.29) is 0 Å². The summed E-state index contributed by atoms with van der Waals surface area (Å²) in [6.07, 6.45) is 1.16. The maximum atomic E-state index is 5.38. The summed E-state index contributed by atoms with van der Waals surface area (Å²) in [5.74, 6) is 2.48. The Morgan fingerprint density at radius 2 is 2.23 bits per heavy atom. The molecule has 0 spiro atoms. The molecule has 1 aromatic carbocycles. The van der Waals surface area contributed by atoms with Crippen LogP contribution in [0.3, 0.4) is 0 Å². The van der Waals surface area contributed by atoms with Gasteiger partial charge in [-0.1, -0.05) is 12.1 Å². The fourth-order valence-corrected chi connectivity index (χ4v) is 2.88. The van der Waals surface area contributed by atoms with Crippen molar-refractivity contribution in [3.8, 4) is 5.75 Å². The van der Waals surface area contributed by atoms with Gasteiger partial charge in [-0.2, -0.15) is 0 Å². The molecule has 0 radical (unpaired) electrons. The zero-order chi connectivity index (χ0) is 15.9. The number of nitrogens with zero attached hydrogens (tertiary/aromatic N) is 2. The summed E-state index contributed by atoms with van der Waals surface area (Å²) in [5.41, 5.74) is 2.34. The normalized spacial score (nSPS) is 18.6. The van der Waals surface area contributed by atoms with Crippen LogP contribution in [-0.2, 0) is 11.3 Å². The Balaban J connectivity index is 1.92. The molecule has 0 bridgehead atoms. The number of benzene rings is 1. The van der Waals surface area contributed by atoms with Crippen LogP contribution < -0.4 is 10.1 Å². The minimum atomic E-state index is 0.600. The SMILES string of the molecule is CN=C(NCc1ccc(C)c(OC)c1)N1CCC(COC)C1. The molecule has 1 heterocycles. The van der Waals surface area contributed by atoms with Gasteiger partial charge in [0, 0.05) is 39.7 Å². The van der Waals surface area contributed by atoms with Crippen molar-refractivity contribution < 1.29 is 9.47 Å². The Morgan fingerprint density at radius 1 is 1.41 bits per heavy atom. The zero-order valence-electron chi connectivity index (χ0n) is 14.1. The van der Waals surface area contributed by atoms with Crippen LogP contribution in [0, 0.1) is 12.8 Å². The van der Waals surface area contributed by atoms with Gasteiger partial charge in [-0.05, 0) is 30.5 Å². The molecule has 122 valence electrons.